The molecular weight excluding hydrogens is 180 g/mol. The van der Waals surface area contributed by atoms with Crippen LogP contribution in [-0.4, -0.2) is 21.5 Å². The smallest absolute Gasteiger partial charge is 0.240 e. The molecule has 0 radical (unpaired) electrons. The lowest BCUT2D eigenvalue weighted by molar-refractivity contribution is -0.122. The summed E-state index contributed by atoms with van der Waals surface area (Å²) in [6.07, 6.45) is 4.11. The average molecular weight is 196 g/mol. The minimum Gasteiger partial charge on any atom is -0.382 e. The maximum Gasteiger partial charge on any atom is 0.240 e. The zero-order valence-electron chi connectivity index (χ0n) is 8.53. The highest BCUT2D eigenvalue weighted by atomic mass is 16.2. The molecule has 1 atom stereocenters. The van der Waals surface area contributed by atoms with Crippen LogP contribution in [0.5, 0.6) is 0 Å². The van der Waals surface area contributed by atoms with Gasteiger partial charge in [-0.25, -0.2) is 4.98 Å². The van der Waals surface area contributed by atoms with E-state index in [1.807, 2.05) is 13.8 Å². The molecule has 14 heavy (non-hydrogen) atoms. The molecule has 0 bridgehead atoms. The molecule has 1 unspecified atom stereocenters. The maximum atomic E-state index is 11.4. The topological polar surface area (TPSA) is 72.9 Å². The van der Waals surface area contributed by atoms with Crippen molar-refractivity contribution in [3.8, 4) is 0 Å². The third kappa shape index (κ3) is 3.08. The van der Waals surface area contributed by atoms with Gasteiger partial charge in [0.1, 0.15) is 12.4 Å². The summed E-state index contributed by atoms with van der Waals surface area (Å²) >= 11 is 0. The Balaban J connectivity index is 2.41. The first-order valence-electron chi connectivity index (χ1n) is 4.68. The standard InChI is InChI=1S/C9H16N4O/c1-3-7(2)12-9(14)5-13-4-8(10)11-6-13/h4,6-7H,3,5,10H2,1-2H3,(H,12,14). The van der Waals surface area contributed by atoms with Crippen molar-refractivity contribution in [1.29, 1.82) is 0 Å². The van der Waals surface area contributed by atoms with Gasteiger partial charge in [-0.2, -0.15) is 0 Å². The van der Waals surface area contributed by atoms with Crippen LogP contribution in [0.2, 0.25) is 0 Å². The van der Waals surface area contributed by atoms with E-state index in [1.54, 1.807) is 17.1 Å². The van der Waals surface area contributed by atoms with Crippen LogP contribution < -0.4 is 11.1 Å². The Hall–Kier alpha value is -1.52. The van der Waals surface area contributed by atoms with Crippen LogP contribution in [0.25, 0.3) is 0 Å². The van der Waals surface area contributed by atoms with Crippen molar-refractivity contribution >= 4 is 11.7 Å². The minimum absolute atomic E-state index is 0.0169. The first-order chi connectivity index (χ1) is 6.61. The van der Waals surface area contributed by atoms with Crippen molar-refractivity contribution in [1.82, 2.24) is 14.9 Å². The third-order valence-electron chi connectivity index (χ3n) is 2.00. The summed E-state index contributed by atoms with van der Waals surface area (Å²) in [6, 6.07) is 0.211. The second-order valence-corrected chi connectivity index (χ2v) is 3.35. The van der Waals surface area contributed by atoms with Crippen LogP contribution in [0.4, 0.5) is 5.82 Å². The molecule has 0 aromatic carbocycles. The number of rotatable bonds is 4. The fourth-order valence-corrected chi connectivity index (χ4v) is 1.05. The molecule has 1 aromatic rings. The van der Waals surface area contributed by atoms with Gasteiger partial charge in [0.25, 0.3) is 0 Å². The molecule has 1 amide bonds. The fourth-order valence-electron chi connectivity index (χ4n) is 1.05. The van der Waals surface area contributed by atoms with Gasteiger partial charge in [0.05, 0.1) is 6.33 Å². The number of amides is 1. The Morgan fingerprint density at radius 1 is 1.79 bits per heavy atom. The van der Waals surface area contributed by atoms with E-state index in [4.69, 9.17) is 5.73 Å². The zero-order valence-corrected chi connectivity index (χ0v) is 8.53. The highest BCUT2D eigenvalue weighted by Crippen LogP contribution is 1.96. The second-order valence-electron chi connectivity index (χ2n) is 3.35. The van der Waals surface area contributed by atoms with Crippen molar-refractivity contribution in [3.63, 3.8) is 0 Å². The molecule has 0 aliphatic carbocycles. The van der Waals surface area contributed by atoms with Crippen molar-refractivity contribution < 1.29 is 4.79 Å². The average Bonchev–Trinajstić information content (AvgIpc) is 2.50. The van der Waals surface area contributed by atoms with Gasteiger partial charge in [-0.15, -0.1) is 0 Å². The predicted octanol–water partition coefficient (Wildman–Crippen LogP) is 0.380. The van der Waals surface area contributed by atoms with Gasteiger partial charge in [0.2, 0.25) is 5.91 Å². The molecule has 0 aliphatic heterocycles. The van der Waals surface area contributed by atoms with Crippen LogP contribution in [0, 0.1) is 0 Å². The molecule has 0 spiro atoms. The molecule has 0 aliphatic rings. The lowest BCUT2D eigenvalue weighted by atomic mass is 10.2. The molecule has 5 nitrogen and oxygen atoms in total. The van der Waals surface area contributed by atoms with Crippen LogP contribution in [0.15, 0.2) is 12.5 Å². The van der Waals surface area contributed by atoms with Gasteiger partial charge >= 0.3 is 0 Å². The largest absolute Gasteiger partial charge is 0.382 e. The van der Waals surface area contributed by atoms with E-state index in [0.29, 0.717) is 5.82 Å². The number of hydrogen-bond acceptors (Lipinski definition) is 3. The molecule has 0 saturated carbocycles. The number of carbonyl (C=O) groups is 1. The first-order valence-corrected chi connectivity index (χ1v) is 4.68. The van der Waals surface area contributed by atoms with Crippen LogP contribution in [0.3, 0.4) is 0 Å². The number of hydrogen-bond donors (Lipinski definition) is 2. The Morgan fingerprint density at radius 3 is 3.00 bits per heavy atom. The van der Waals surface area contributed by atoms with Gasteiger partial charge in [-0.05, 0) is 13.3 Å². The van der Waals surface area contributed by atoms with Gasteiger partial charge in [-0.1, -0.05) is 6.92 Å². The summed E-state index contributed by atoms with van der Waals surface area (Å²) < 4.78 is 1.66. The Kier molecular flexibility index (Phi) is 3.50. The molecular formula is C9H16N4O. The normalized spacial score (nSPS) is 12.4. The van der Waals surface area contributed by atoms with Crippen molar-refractivity contribution in [2.45, 2.75) is 32.9 Å². The van der Waals surface area contributed by atoms with Crippen molar-refractivity contribution in [3.05, 3.63) is 12.5 Å². The van der Waals surface area contributed by atoms with E-state index in [-0.39, 0.29) is 18.5 Å². The number of nitrogens with two attached hydrogens (primary N) is 1. The van der Waals surface area contributed by atoms with Gasteiger partial charge in [0, 0.05) is 12.2 Å². The van der Waals surface area contributed by atoms with Gasteiger partial charge in [-0.3, -0.25) is 4.79 Å². The number of nitrogens with one attached hydrogen (secondary N) is 1. The van der Waals surface area contributed by atoms with E-state index < -0.39 is 0 Å². The lowest BCUT2D eigenvalue weighted by Crippen LogP contribution is -2.34. The Bertz CT molecular complexity index is 308. The minimum atomic E-state index is -0.0169. The van der Waals surface area contributed by atoms with Gasteiger partial charge in [0.15, 0.2) is 0 Å². The lowest BCUT2D eigenvalue weighted by Gasteiger charge is -2.11. The molecule has 5 heteroatoms. The van der Waals surface area contributed by atoms with E-state index in [2.05, 4.69) is 10.3 Å². The van der Waals surface area contributed by atoms with Crippen LogP contribution in [-0.2, 0) is 11.3 Å². The molecule has 78 valence electrons. The number of nitrogen functional groups attached to an aromatic ring is 1. The molecule has 1 rings (SSSR count). The number of carbonyl (C=O) groups excluding carboxylic acids is 1. The number of nitrogens with zero attached hydrogens (tertiary/aromatic N) is 2. The van der Waals surface area contributed by atoms with Crippen LogP contribution >= 0.6 is 0 Å². The SMILES string of the molecule is CCC(C)NC(=O)Cn1cnc(N)c1. The molecule has 3 N–H and O–H groups in total. The molecule has 1 heterocycles. The highest BCUT2D eigenvalue weighted by molar-refractivity contribution is 5.76. The Morgan fingerprint density at radius 2 is 2.50 bits per heavy atom. The summed E-state index contributed by atoms with van der Waals surface area (Å²) in [4.78, 5) is 15.2. The molecule has 1 aromatic heterocycles. The summed E-state index contributed by atoms with van der Waals surface area (Å²) in [7, 11) is 0. The van der Waals surface area contributed by atoms with E-state index >= 15 is 0 Å². The van der Waals surface area contributed by atoms with Crippen molar-refractivity contribution in [2.24, 2.45) is 0 Å². The quantitative estimate of drug-likeness (QED) is 0.731. The first kappa shape index (κ1) is 10.6. The van der Waals surface area contributed by atoms with Gasteiger partial charge < -0.3 is 15.6 Å². The second kappa shape index (κ2) is 4.64. The number of imidazole rings is 1. The van der Waals surface area contributed by atoms with E-state index in [0.717, 1.165) is 6.42 Å². The van der Waals surface area contributed by atoms with E-state index in [1.165, 1.54) is 0 Å². The highest BCUT2D eigenvalue weighted by Gasteiger charge is 2.05. The van der Waals surface area contributed by atoms with Crippen molar-refractivity contribution in [2.75, 3.05) is 5.73 Å². The molecule has 0 fully saturated rings. The summed E-state index contributed by atoms with van der Waals surface area (Å²) in [5.74, 6) is 0.415. The van der Waals surface area contributed by atoms with E-state index in [9.17, 15) is 4.79 Å². The maximum absolute atomic E-state index is 11.4. The number of anilines is 1. The third-order valence-corrected chi connectivity index (χ3v) is 2.00. The monoisotopic (exact) mass is 196 g/mol. The van der Waals surface area contributed by atoms with Crippen LogP contribution in [0.1, 0.15) is 20.3 Å². The number of aromatic nitrogens is 2. The summed E-state index contributed by atoms with van der Waals surface area (Å²) in [6.45, 7) is 4.27. The summed E-state index contributed by atoms with van der Waals surface area (Å²) in [5, 5.41) is 2.86. The zero-order chi connectivity index (χ0) is 10.6. The molecule has 0 saturated heterocycles. The summed E-state index contributed by atoms with van der Waals surface area (Å²) in [5.41, 5.74) is 5.42. The predicted molar refractivity (Wildman–Crippen MR) is 54.5 cm³/mol. The Labute approximate surface area is 83.3 Å². The fraction of sp³-hybridized carbons (Fsp3) is 0.556.